The van der Waals surface area contributed by atoms with Gasteiger partial charge >= 0.3 is 0 Å². The van der Waals surface area contributed by atoms with Crippen molar-refractivity contribution in [1.29, 1.82) is 0 Å². The van der Waals surface area contributed by atoms with Gasteiger partial charge < -0.3 is 10.2 Å². The van der Waals surface area contributed by atoms with Gasteiger partial charge in [0.25, 0.3) is 0 Å². The summed E-state index contributed by atoms with van der Waals surface area (Å²) in [7, 11) is 3.72. The Morgan fingerprint density at radius 3 is 2.68 bits per heavy atom. The predicted octanol–water partition coefficient (Wildman–Crippen LogP) is 4.77. The maximum absolute atomic E-state index is 14.3. The molecule has 1 fully saturated rings. The molecule has 0 bridgehead atoms. The van der Waals surface area contributed by atoms with E-state index in [9.17, 15) is 4.39 Å². The minimum atomic E-state index is -0.299. The summed E-state index contributed by atoms with van der Waals surface area (Å²) in [5.41, 5.74) is 2.42. The Morgan fingerprint density at radius 2 is 2.09 bits per heavy atom. The first-order valence-corrected chi connectivity index (χ1v) is 8.39. The van der Waals surface area contributed by atoms with Crippen molar-refractivity contribution < 1.29 is 4.39 Å². The zero-order valence-corrected chi connectivity index (χ0v) is 14.5. The maximum Gasteiger partial charge on any atom is 0.148 e. The van der Waals surface area contributed by atoms with Gasteiger partial charge in [0.15, 0.2) is 0 Å². The molecule has 2 rings (SSSR count). The van der Waals surface area contributed by atoms with E-state index in [4.69, 9.17) is 11.6 Å². The Hall–Kier alpha value is -1.06. The molecule has 22 heavy (non-hydrogen) atoms. The van der Waals surface area contributed by atoms with Gasteiger partial charge in [0, 0.05) is 23.8 Å². The van der Waals surface area contributed by atoms with Gasteiger partial charge in [-0.15, -0.1) is 0 Å². The SMILES string of the molecule is C=C(C(C)NC)N(C)c1cc(CC2CCCC2)c(Cl)cc1F. The van der Waals surface area contributed by atoms with E-state index in [1.54, 1.807) is 0 Å². The van der Waals surface area contributed by atoms with Gasteiger partial charge in [0.1, 0.15) is 5.82 Å². The van der Waals surface area contributed by atoms with E-state index in [2.05, 4.69) is 11.9 Å². The van der Waals surface area contributed by atoms with Crippen LogP contribution in [0.3, 0.4) is 0 Å². The number of halogens is 2. The van der Waals surface area contributed by atoms with Crippen LogP contribution in [0.2, 0.25) is 5.02 Å². The highest BCUT2D eigenvalue weighted by Crippen LogP contribution is 2.34. The normalized spacial score (nSPS) is 16.8. The van der Waals surface area contributed by atoms with Crippen molar-refractivity contribution >= 4 is 17.3 Å². The second-order valence-corrected chi connectivity index (χ2v) is 6.72. The Bertz CT molecular complexity index is 538. The monoisotopic (exact) mass is 324 g/mol. The maximum atomic E-state index is 14.3. The Morgan fingerprint density at radius 1 is 1.45 bits per heavy atom. The molecule has 122 valence electrons. The molecule has 1 unspecified atom stereocenters. The fourth-order valence-corrected chi connectivity index (χ4v) is 3.36. The van der Waals surface area contributed by atoms with Crippen molar-refractivity contribution in [3.05, 3.63) is 40.8 Å². The number of hydrogen-bond acceptors (Lipinski definition) is 2. The van der Waals surface area contributed by atoms with Gasteiger partial charge in [0.2, 0.25) is 0 Å². The van der Waals surface area contributed by atoms with Gasteiger partial charge in [0.05, 0.1) is 5.69 Å². The van der Waals surface area contributed by atoms with Crippen LogP contribution in [0.4, 0.5) is 10.1 Å². The summed E-state index contributed by atoms with van der Waals surface area (Å²) in [4.78, 5) is 1.81. The molecule has 0 radical (unpaired) electrons. The van der Waals surface area contributed by atoms with Crippen LogP contribution in [0, 0.1) is 11.7 Å². The lowest BCUT2D eigenvalue weighted by atomic mass is 9.97. The minimum absolute atomic E-state index is 0.0818. The van der Waals surface area contributed by atoms with E-state index in [0.717, 1.165) is 17.7 Å². The van der Waals surface area contributed by atoms with E-state index >= 15 is 0 Å². The molecule has 0 aromatic heterocycles. The molecule has 1 saturated carbocycles. The Kier molecular flexibility index (Phi) is 5.87. The number of hydrogen-bond donors (Lipinski definition) is 1. The number of nitrogens with zero attached hydrogens (tertiary/aromatic N) is 1. The average Bonchev–Trinajstić information content (AvgIpc) is 3.00. The summed E-state index contributed by atoms with van der Waals surface area (Å²) in [6, 6.07) is 3.41. The van der Waals surface area contributed by atoms with E-state index in [0.29, 0.717) is 16.6 Å². The summed E-state index contributed by atoms with van der Waals surface area (Å²) in [5, 5.41) is 3.67. The van der Waals surface area contributed by atoms with Crippen molar-refractivity contribution in [3.8, 4) is 0 Å². The number of rotatable bonds is 6. The van der Waals surface area contributed by atoms with Gasteiger partial charge in [-0.05, 0) is 44.0 Å². The lowest BCUT2D eigenvalue weighted by molar-refractivity contribution is 0.545. The first kappa shape index (κ1) is 17.3. The van der Waals surface area contributed by atoms with E-state index in [1.807, 2.05) is 32.0 Å². The molecule has 0 spiro atoms. The first-order chi connectivity index (χ1) is 10.4. The van der Waals surface area contributed by atoms with Crippen LogP contribution in [-0.4, -0.2) is 20.1 Å². The highest BCUT2D eigenvalue weighted by Gasteiger charge is 2.20. The summed E-state index contributed by atoms with van der Waals surface area (Å²) < 4.78 is 14.3. The third-order valence-electron chi connectivity index (χ3n) is 4.82. The van der Waals surface area contributed by atoms with Crippen LogP contribution >= 0.6 is 11.6 Å². The lowest BCUT2D eigenvalue weighted by Gasteiger charge is -2.27. The van der Waals surface area contributed by atoms with Crippen molar-refractivity contribution in [3.63, 3.8) is 0 Å². The quantitative estimate of drug-likeness (QED) is 0.811. The average molecular weight is 325 g/mol. The smallest absolute Gasteiger partial charge is 0.148 e. The fraction of sp³-hybridized carbons (Fsp3) is 0.556. The third-order valence-corrected chi connectivity index (χ3v) is 5.18. The van der Waals surface area contributed by atoms with Crippen LogP contribution in [0.1, 0.15) is 38.2 Å². The summed E-state index contributed by atoms with van der Waals surface area (Å²) in [6.45, 7) is 6.07. The molecule has 0 amide bonds. The molecule has 1 atom stereocenters. The van der Waals surface area contributed by atoms with Gasteiger partial charge in [-0.1, -0.05) is 43.9 Å². The second kappa shape index (κ2) is 7.47. The van der Waals surface area contributed by atoms with Gasteiger partial charge in [-0.2, -0.15) is 0 Å². The Labute approximate surface area is 138 Å². The van der Waals surface area contributed by atoms with Gasteiger partial charge in [-0.25, -0.2) is 4.39 Å². The van der Waals surface area contributed by atoms with Crippen LogP contribution in [0.15, 0.2) is 24.4 Å². The van der Waals surface area contributed by atoms with Crippen molar-refractivity contribution in [1.82, 2.24) is 5.32 Å². The highest BCUT2D eigenvalue weighted by molar-refractivity contribution is 6.31. The van der Waals surface area contributed by atoms with E-state index in [1.165, 1.54) is 31.7 Å². The first-order valence-electron chi connectivity index (χ1n) is 8.01. The fourth-order valence-electron chi connectivity index (χ4n) is 3.13. The van der Waals surface area contributed by atoms with Crippen LogP contribution in [-0.2, 0) is 6.42 Å². The number of anilines is 1. The highest BCUT2D eigenvalue weighted by atomic mass is 35.5. The van der Waals surface area contributed by atoms with Crippen molar-refractivity contribution in [2.75, 3.05) is 19.0 Å². The Balaban J connectivity index is 2.25. The molecular weight excluding hydrogens is 299 g/mol. The molecule has 2 nitrogen and oxygen atoms in total. The molecule has 1 N–H and O–H groups in total. The molecule has 1 aliphatic carbocycles. The summed E-state index contributed by atoms with van der Waals surface area (Å²) >= 11 is 6.26. The van der Waals surface area contributed by atoms with Crippen molar-refractivity contribution in [2.45, 2.75) is 45.1 Å². The summed E-state index contributed by atoms with van der Waals surface area (Å²) in [5.74, 6) is 0.382. The summed E-state index contributed by atoms with van der Waals surface area (Å²) in [6.07, 6.45) is 6.04. The van der Waals surface area contributed by atoms with Crippen LogP contribution in [0.5, 0.6) is 0 Å². The molecular formula is C18H26ClFN2. The standard InChI is InChI=1S/C18H26ClFN2/c1-12(21-3)13(2)22(4)18-10-15(16(19)11-17(18)20)9-14-7-5-6-8-14/h10-12,14,21H,2,5-9H2,1,3-4H3. The topological polar surface area (TPSA) is 15.3 Å². The van der Waals surface area contributed by atoms with Crippen LogP contribution < -0.4 is 10.2 Å². The molecule has 4 heteroatoms. The zero-order valence-electron chi connectivity index (χ0n) is 13.8. The third kappa shape index (κ3) is 3.82. The number of likely N-dealkylation sites (N-methyl/N-ethyl adjacent to an activating group) is 2. The molecule has 0 saturated heterocycles. The van der Waals surface area contributed by atoms with E-state index in [-0.39, 0.29) is 11.9 Å². The molecule has 0 heterocycles. The minimum Gasteiger partial charge on any atom is -0.345 e. The lowest BCUT2D eigenvalue weighted by Crippen LogP contribution is -2.32. The largest absolute Gasteiger partial charge is 0.345 e. The van der Waals surface area contributed by atoms with Crippen molar-refractivity contribution in [2.24, 2.45) is 5.92 Å². The predicted molar refractivity (Wildman–Crippen MR) is 93.1 cm³/mol. The van der Waals surface area contributed by atoms with Crippen LogP contribution in [0.25, 0.3) is 0 Å². The second-order valence-electron chi connectivity index (χ2n) is 6.31. The van der Waals surface area contributed by atoms with E-state index < -0.39 is 0 Å². The molecule has 1 aliphatic rings. The molecule has 0 aliphatic heterocycles. The molecule has 1 aromatic rings. The van der Waals surface area contributed by atoms with Gasteiger partial charge in [-0.3, -0.25) is 0 Å². The zero-order chi connectivity index (χ0) is 16.3. The number of benzene rings is 1. The number of nitrogens with one attached hydrogen (secondary N) is 1. The molecule has 1 aromatic carbocycles.